The lowest BCUT2D eigenvalue weighted by Gasteiger charge is -2.18. The van der Waals surface area contributed by atoms with Crippen molar-refractivity contribution in [2.45, 2.75) is 6.42 Å². The lowest BCUT2D eigenvalue weighted by atomic mass is 10.2. The lowest BCUT2D eigenvalue weighted by Crippen LogP contribution is -2.24. The van der Waals surface area contributed by atoms with Crippen LogP contribution in [-0.4, -0.2) is 34.4 Å². The van der Waals surface area contributed by atoms with Crippen LogP contribution in [0.4, 0.5) is 17.2 Å². The quantitative estimate of drug-likeness (QED) is 0.334. The first-order valence-electron chi connectivity index (χ1n) is 9.56. The third-order valence-corrected chi connectivity index (χ3v) is 5.84. The van der Waals surface area contributed by atoms with Crippen LogP contribution in [0.1, 0.15) is 6.42 Å². The number of hydrogen-bond acceptors (Lipinski definition) is 7. The first kappa shape index (κ1) is 20.4. The SMILES string of the molecule is CN(CCC(=O)Nc1cccc([N+](=O)[O-])c1)c1ncnc2sc(-c3ccccc3)cc12. The predicted molar refractivity (Wildman–Crippen MR) is 122 cm³/mol. The molecule has 1 amide bonds. The Labute approximate surface area is 182 Å². The van der Waals surface area contributed by atoms with Crippen molar-refractivity contribution in [2.75, 3.05) is 23.8 Å². The molecule has 0 unspecified atom stereocenters. The topological polar surface area (TPSA) is 101 Å². The van der Waals surface area contributed by atoms with E-state index in [1.165, 1.54) is 18.5 Å². The average molecular weight is 433 g/mol. The fourth-order valence-corrected chi connectivity index (χ4v) is 4.19. The van der Waals surface area contributed by atoms with Crippen molar-refractivity contribution >= 4 is 44.7 Å². The minimum absolute atomic E-state index is 0.0648. The van der Waals surface area contributed by atoms with Crippen molar-refractivity contribution in [1.29, 1.82) is 0 Å². The van der Waals surface area contributed by atoms with Crippen molar-refractivity contribution in [3.63, 3.8) is 0 Å². The summed E-state index contributed by atoms with van der Waals surface area (Å²) in [6.07, 6.45) is 1.74. The highest BCUT2D eigenvalue weighted by molar-refractivity contribution is 7.21. The number of hydrogen-bond donors (Lipinski definition) is 1. The molecule has 0 saturated heterocycles. The van der Waals surface area contributed by atoms with Crippen LogP contribution in [0.3, 0.4) is 0 Å². The van der Waals surface area contributed by atoms with Crippen molar-refractivity contribution in [3.8, 4) is 10.4 Å². The first-order valence-corrected chi connectivity index (χ1v) is 10.4. The smallest absolute Gasteiger partial charge is 0.271 e. The second-order valence-corrected chi connectivity index (χ2v) is 7.95. The minimum Gasteiger partial charge on any atom is -0.359 e. The van der Waals surface area contributed by atoms with E-state index in [1.54, 1.807) is 23.5 Å². The number of nitro groups is 1. The average Bonchev–Trinajstić information content (AvgIpc) is 3.23. The number of nitro benzene ring substituents is 1. The molecule has 9 heteroatoms. The molecular formula is C22H19N5O3S. The maximum Gasteiger partial charge on any atom is 0.271 e. The van der Waals surface area contributed by atoms with Crippen molar-refractivity contribution < 1.29 is 9.72 Å². The minimum atomic E-state index is -0.492. The standard InChI is InChI=1S/C22H19N5O3S/c1-26(11-10-20(28)25-16-8-5-9-17(12-16)27(29)30)21-18-13-19(15-6-3-2-4-7-15)31-22(18)24-14-23-21/h2-9,12-14H,10-11H2,1H3,(H,25,28). The number of thiophene rings is 1. The summed E-state index contributed by atoms with van der Waals surface area (Å²) in [6, 6.07) is 18.0. The normalized spacial score (nSPS) is 10.7. The van der Waals surface area contributed by atoms with Gasteiger partial charge in [-0.15, -0.1) is 11.3 Å². The zero-order valence-corrected chi connectivity index (χ0v) is 17.5. The molecule has 0 bridgehead atoms. The molecule has 0 aliphatic rings. The fraction of sp³-hybridized carbons (Fsp3) is 0.136. The second-order valence-electron chi connectivity index (χ2n) is 6.92. The van der Waals surface area contributed by atoms with E-state index in [2.05, 4.69) is 33.5 Å². The van der Waals surface area contributed by atoms with Gasteiger partial charge in [-0.25, -0.2) is 9.97 Å². The maximum atomic E-state index is 12.3. The number of anilines is 2. The number of carbonyl (C=O) groups excluding carboxylic acids is 1. The van der Waals surface area contributed by atoms with E-state index in [-0.39, 0.29) is 18.0 Å². The van der Waals surface area contributed by atoms with E-state index >= 15 is 0 Å². The Kier molecular flexibility index (Phi) is 5.85. The number of non-ortho nitro benzene ring substituents is 1. The molecule has 0 spiro atoms. The molecule has 0 aliphatic carbocycles. The van der Waals surface area contributed by atoms with Gasteiger partial charge in [0.25, 0.3) is 5.69 Å². The third kappa shape index (κ3) is 4.67. The number of carbonyl (C=O) groups is 1. The van der Waals surface area contributed by atoms with Crippen LogP contribution in [0.25, 0.3) is 20.7 Å². The zero-order valence-electron chi connectivity index (χ0n) is 16.7. The first-order chi connectivity index (χ1) is 15.0. The van der Waals surface area contributed by atoms with E-state index in [0.29, 0.717) is 12.2 Å². The monoisotopic (exact) mass is 433 g/mol. The molecule has 2 heterocycles. The zero-order chi connectivity index (χ0) is 21.8. The van der Waals surface area contributed by atoms with E-state index in [1.807, 2.05) is 30.1 Å². The molecule has 0 atom stereocenters. The number of amides is 1. The van der Waals surface area contributed by atoms with Gasteiger partial charge in [0, 0.05) is 42.7 Å². The third-order valence-electron chi connectivity index (χ3n) is 4.74. The van der Waals surface area contributed by atoms with E-state index < -0.39 is 4.92 Å². The van der Waals surface area contributed by atoms with Gasteiger partial charge in [-0.1, -0.05) is 36.4 Å². The summed E-state index contributed by atoms with van der Waals surface area (Å²) in [5.41, 5.74) is 1.46. The van der Waals surface area contributed by atoms with Gasteiger partial charge in [0.2, 0.25) is 5.91 Å². The number of nitrogens with one attached hydrogen (secondary N) is 1. The van der Waals surface area contributed by atoms with Crippen molar-refractivity contribution in [3.05, 3.63) is 77.1 Å². The van der Waals surface area contributed by atoms with Gasteiger partial charge in [-0.05, 0) is 17.7 Å². The second kappa shape index (κ2) is 8.88. The number of aromatic nitrogens is 2. The number of fused-ring (bicyclic) bond motifs is 1. The van der Waals surface area contributed by atoms with E-state index in [0.717, 1.165) is 26.5 Å². The Morgan fingerprint density at radius 2 is 1.94 bits per heavy atom. The maximum absolute atomic E-state index is 12.3. The van der Waals surface area contributed by atoms with Crippen molar-refractivity contribution in [1.82, 2.24) is 9.97 Å². The van der Waals surface area contributed by atoms with Crippen LogP contribution in [0.15, 0.2) is 67.0 Å². The van der Waals surface area contributed by atoms with Gasteiger partial charge in [0.05, 0.1) is 10.3 Å². The Bertz CT molecular complexity index is 1240. The molecule has 8 nitrogen and oxygen atoms in total. The summed E-state index contributed by atoms with van der Waals surface area (Å²) in [4.78, 5) is 35.5. The molecule has 2 aromatic carbocycles. The molecule has 31 heavy (non-hydrogen) atoms. The van der Waals surface area contributed by atoms with Gasteiger partial charge in [-0.2, -0.15) is 0 Å². The van der Waals surface area contributed by atoms with E-state index in [9.17, 15) is 14.9 Å². The number of rotatable bonds is 7. The molecule has 0 fully saturated rings. The van der Waals surface area contributed by atoms with Gasteiger partial charge < -0.3 is 10.2 Å². The van der Waals surface area contributed by atoms with Gasteiger partial charge in [0.1, 0.15) is 17.0 Å². The largest absolute Gasteiger partial charge is 0.359 e. The summed E-state index contributed by atoms with van der Waals surface area (Å²) in [7, 11) is 1.88. The van der Waals surface area contributed by atoms with Crippen LogP contribution in [0, 0.1) is 10.1 Å². The van der Waals surface area contributed by atoms with Crippen molar-refractivity contribution in [2.24, 2.45) is 0 Å². The van der Waals surface area contributed by atoms with Crippen LogP contribution in [-0.2, 0) is 4.79 Å². The van der Waals surface area contributed by atoms with Crippen LogP contribution in [0.2, 0.25) is 0 Å². The van der Waals surface area contributed by atoms with Crippen LogP contribution in [0.5, 0.6) is 0 Å². The summed E-state index contributed by atoms with van der Waals surface area (Å²) in [5, 5.41) is 14.5. The Hall–Kier alpha value is -3.85. The summed E-state index contributed by atoms with van der Waals surface area (Å²) >= 11 is 1.60. The summed E-state index contributed by atoms with van der Waals surface area (Å²) < 4.78 is 0. The van der Waals surface area contributed by atoms with E-state index in [4.69, 9.17) is 0 Å². The van der Waals surface area contributed by atoms with Gasteiger partial charge in [-0.3, -0.25) is 14.9 Å². The Balaban J connectivity index is 1.45. The predicted octanol–water partition coefficient (Wildman–Crippen LogP) is 4.73. The fourth-order valence-electron chi connectivity index (χ4n) is 3.19. The highest BCUT2D eigenvalue weighted by atomic mass is 32.1. The highest BCUT2D eigenvalue weighted by Gasteiger charge is 2.15. The number of nitrogens with zero attached hydrogens (tertiary/aromatic N) is 4. The van der Waals surface area contributed by atoms with Gasteiger partial charge in [0.15, 0.2) is 0 Å². The highest BCUT2D eigenvalue weighted by Crippen LogP contribution is 2.35. The Morgan fingerprint density at radius 3 is 2.71 bits per heavy atom. The lowest BCUT2D eigenvalue weighted by molar-refractivity contribution is -0.384. The summed E-state index contributed by atoms with van der Waals surface area (Å²) in [6.45, 7) is 0.434. The Morgan fingerprint density at radius 1 is 1.13 bits per heavy atom. The van der Waals surface area contributed by atoms with Crippen LogP contribution < -0.4 is 10.2 Å². The molecular weight excluding hydrogens is 414 g/mol. The molecule has 0 aliphatic heterocycles. The molecule has 1 N–H and O–H groups in total. The van der Waals surface area contributed by atoms with Crippen LogP contribution >= 0.6 is 11.3 Å². The molecule has 0 radical (unpaired) electrons. The molecule has 2 aromatic heterocycles. The molecule has 4 aromatic rings. The number of benzene rings is 2. The summed E-state index contributed by atoms with van der Waals surface area (Å²) in [5.74, 6) is 0.527. The molecule has 0 saturated carbocycles. The molecule has 156 valence electrons. The molecule has 4 rings (SSSR count). The van der Waals surface area contributed by atoms with Gasteiger partial charge >= 0.3 is 0 Å².